The molecule has 3 rings (SSSR count). The molecule has 1 heterocycles. The van der Waals surface area contributed by atoms with Crippen LogP contribution in [0.1, 0.15) is 30.4 Å². The Bertz CT molecular complexity index is 423. The molecule has 0 aromatic heterocycles. The zero-order valence-corrected chi connectivity index (χ0v) is 9.54. The second-order valence-electron chi connectivity index (χ2n) is 4.62. The van der Waals surface area contributed by atoms with E-state index in [4.69, 9.17) is 4.74 Å². The van der Waals surface area contributed by atoms with Crippen LogP contribution in [0.2, 0.25) is 0 Å². The summed E-state index contributed by atoms with van der Waals surface area (Å²) in [5, 5.41) is 0. The molecule has 0 amide bonds. The topological polar surface area (TPSA) is 21.6 Å². The van der Waals surface area contributed by atoms with Gasteiger partial charge >= 0.3 is 0 Å². The smallest absolute Gasteiger partial charge is 0.126 e. The first kappa shape index (κ1) is 9.88. The molecule has 1 aromatic rings. The Balaban J connectivity index is 1.66. The molecule has 84 valence electrons. The average Bonchev–Trinajstić information content (AvgIpc) is 2.97. The highest BCUT2D eigenvalue weighted by Crippen LogP contribution is 2.26. The molecule has 0 atom stereocenters. The summed E-state index contributed by atoms with van der Waals surface area (Å²) in [4.78, 5) is 4.41. The Morgan fingerprint density at radius 3 is 2.88 bits per heavy atom. The van der Waals surface area contributed by atoms with E-state index in [0.717, 1.165) is 18.7 Å². The van der Waals surface area contributed by atoms with Crippen molar-refractivity contribution in [2.75, 3.05) is 13.2 Å². The predicted octanol–water partition coefficient (Wildman–Crippen LogP) is 2.79. The molecular formula is C14H17NO. The van der Waals surface area contributed by atoms with E-state index in [1.807, 2.05) is 0 Å². The van der Waals surface area contributed by atoms with Gasteiger partial charge in [0, 0.05) is 12.3 Å². The zero-order valence-electron chi connectivity index (χ0n) is 9.54. The van der Waals surface area contributed by atoms with Gasteiger partial charge in [-0.05, 0) is 55.4 Å². The van der Waals surface area contributed by atoms with Crippen molar-refractivity contribution in [1.82, 2.24) is 0 Å². The molecule has 0 unspecified atom stereocenters. The van der Waals surface area contributed by atoms with Gasteiger partial charge in [0.25, 0.3) is 0 Å². The fourth-order valence-electron chi connectivity index (χ4n) is 2.52. The minimum atomic E-state index is 0.679. The molecule has 1 aliphatic heterocycles. The fraction of sp³-hybridized carbons (Fsp3) is 0.500. The van der Waals surface area contributed by atoms with E-state index in [0.29, 0.717) is 6.61 Å². The number of ether oxygens (including phenoxy) is 1. The number of benzene rings is 1. The van der Waals surface area contributed by atoms with Crippen molar-refractivity contribution in [2.45, 2.75) is 32.1 Å². The Morgan fingerprint density at radius 2 is 2.00 bits per heavy atom. The van der Waals surface area contributed by atoms with Crippen molar-refractivity contribution in [3.05, 3.63) is 29.3 Å². The largest absolute Gasteiger partial charge is 0.488 e. The molecule has 0 radical (unpaired) electrons. The molecule has 2 nitrogen and oxygen atoms in total. The number of nitrogens with zero attached hydrogens (tertiary/aromatic N) is 1. The van der Waals surface area contributed by atoms with Crippen LogP contribution in [-0.4, -0.2) is 18.9 Å². The van der Waals surface area contributed by atoms with Gasteiger partial charge in [-0.3, -0.25) is 4.99 Å². The Morgan fingerprint density at radius 1 is 1.06 bits per heavy atom. The first-order valence-corrected chi connectivity index (χ1v) is 6.18. The third-order valence-corrected chi connectivity index (χ3v) is 3.43. The van der Waals surface area contributed by atoms with Crippen LogP contribution in [0.3, 0.4) is 0 Å². The van der Waals surface area contributed by atoms with E-state index >= 15 is 0 Å². The molecule has 2 aliphatic rings. The van der Waals surface area contributed by atoms with E-state index in [-0.39, 0.29) is 0 Å². The van der Waals surface area contributed by atoms with Gasteiger partial charge < -0.3 is 4.74 Å². The lowest BCUT2D eigenvalue weighted by Crippen LogP contribution is -2.08. The second-order valence-corrected chi connectivity index (χ2v) is 4.62. The number of fused-ring (bicyclic) bond motifs is 1. The van der Waals surface area contributed by atoms with Crippen LogP contribution in [0.15, 0.2) is 23.2 Å². The Hall–Kier alpha value is -1.31. The highest BCUT2D eigenvalue weighted by molar-refractivity contribution is 5.87. The van der Waals surface area contributed by atoms with Crippen LogP contribution < -0.4 is 4.74 Å². The molecule has 0 saturated heterocycles. The van der Waals surface area contributed by atoms with Crippen LogP contribution in [0.5, 0.6) is 5.75 Å². The van der Waals surface area contributed by atoms with E-state index in [2.05, 4.69) is 23.2 Å². The summed E-state index contributed by atoms with van der Waals surface area (Å²) in [6, 6.07) is 6.52. The second kappa shape index (κ2) is 4.28. The number of hydrogen-bond acceptors (Lipinski definition) is 2. The lowest BCUT2D eigenvalue weighted by Gasteiger charge is -2.07. The summed E-state index contributed by atoms with van der Waals surface area (Å²) in [6.07, 6.45) is 6.06. The average molecular weight is 215 g/mol. The SMILES string of the molecule is c1cc2c(cc1OCC1=NCCC1)CCC2. The molecule has 1 aromatic carbocycles. The third kappa shape index (κ3) is 1.97. The number of aliphatic imine (C=N–C) groups is 1. The van der Waals surface area contributed by atoms with Crippen LogP contribution in [0.4, 0.5) is 0 Å². The first-order valence-electron chi connectivity index (χ1n) is 6.18. The number of rotatable bonds is 3. The molecule has 2 heteroatoms. The van der Waals surface area contributed by atoms with Gasteiger partial charge in [0.1, 0.15) is 12.4 Å². The molecule has 0 bridgehead atoms. The maximum Gasteiger partial charge on any atom is 0.126 e. The maximum atomic E-state index is 5.78. The molecular weight excluding hydrogens is 198 g/mol. The summed E-state index contributed by atoms with van der Waals surface area (Å²) in [5.41, 5.74) is 4.21. The normalized spacial score (nSPS) is 18.4. The summed E-state index contributed by atoms with van der Waals surface area (Å²) >= 11 is 0. The van der Waals surface area contributed by atoms with Gasteiger partial charge in [0.05, 0.1) is 0 Å². The van der Waals surface area contributed by atoms with Crippen molar-refractivity contribution in [1.29, 1.82) is 0 Å². The summed E-state index contributed by atoms with van der Waals surface area (Å²) < 4.78 is 5.78. The van der Waals surface area contributed by atoms with E-state index < -0.39 is 0 Å². The van der Waals surface area contributed by atoms with E-state index in [1.165, 1.54) is 42.5 Å². The van der Waals surface area contributed by atoms with Gasteiger partial charge in [-0.2, -0.15) is 0 Å². The highest BCUT2D eigenvalue weighted by Gasteiger charge is 2.12. The highest BCUT2D eigenvalue weighted by atomic mass is 16.5. The van der Waals surface area contributed by atoms with Gasteiger partial charge in [-0.1, -0.05) is 6.07 Å². The quantitative estimate of drug-likeness (QED) is 0.759. The number of aryl methyl sites for hydroxylation is 2. The van der Waals surface area contributed by atoms with E-state index in [1.54, 1.807) is 0 Å². The Labute approximate surface area is 96.3 Å². The van der Waals surface area contributed by atoms with Crippen molar-refractivity contribution >= 4 is 5.71 Å². The predicted molar refractivity (Wildman–Crippen MR) is 65.5 cm³/mol. The Kier molecular flexibility index (Phi) is 2.65. The fourth-order valence-corrected chi connectivity index (χ4v) is 2.52. The minimum absolute atomic E-state index is 0.679. The summed E-state index contributed by atoms with van der Waals surface area (Å²) in [7, 11) is 0. The van der Waals surface area contributed by atoms with Crippen LogP contribution in [-0.2, 0) is 12.8 Å². The van der Waals surface area contributed by atoms with Gasteiger partial charge in [-0.15, -0.1) is 0 Å². The van der Waals surface area contributed by atoms with Crippen LogP contribution >= 0.6 is 0 Å². The minimum Gasteiger partial charge on any atom is -0.488 e. The summed E-state index contributed by atoms with van der Waals surface area (Å²) in [5.74, 6) is 1.01. The van der Waals surface area contributed by atoms with Crippen molar-refractivity contribution in [2.24, 2.45) is 4.99 Å². The van der Waals surface area contributed by atoms with Crippen molar-refractivity contribution in [3.63, 3.8) is 0 Å². The zero-order chi connectivity index (χ0) is 10.8. The molecule has 0 spiro atoms. The monoisotopic (exact) mass is 215 g/mol. The van der Waals surface area contributed by atoms with E-state index in [9.17, 15) is 0 Å². The molecule has 16 heavy (non-hydrogen) atoms. The first-order chi connectivity index (χ1) is 7.92. The van der Waals surface area contributed by atoms with Gasteiger partial charge in [-0.25, -0.2) is 0 Å². The van der Waals surface area contributed by atoms with Crippen molar-refractivity contribution < 1.29 is 4.74 Å². The van der Waals surface area contributed by atoms with Gasteiger partial charge in [0.2, 0.25) is 0 Å². The van der Waals surface area contributed by atoms with Gasteiger partial charge in [0.15, 0.2) is 0 Å². The lowest BCUT2D eigenvalue weighted by molar-refractivity contribution is 0.374. The molecule has 1 aliphatic carbocycles. The third-order valence-electron chi connectivity index (χ3n) is 3.43. The number of hydrogen-bond donors (Lipinski definition) is 0. The van der Waals surface area contributed by atoms with Crippen LogP contribution in [0.25, 0.3) is 0 Å². The molecule has 0 saturated carbocycles. The lowest BCUT2D eigenvalue weighted by atomic mass is 10.1. The van der Waals surface area contributed by atoms with Crippen LogP contribution in [0, 0.1) is 0 Å². The van der Waals surface area contributed by atoms with Crippen molar-refractivity contribution in [3.8, 4) is 5.75 Å². The standard InChI is InChI=1S/C14H17NO/c1-3-11-6-7-14(9-12(11)4-1)16-10-13-5-2-8-15-13/h6-7,9H,1-5,8,10H2. The molecule has 0 N–H and O–H groups in total. The molecule has 0 fully saturated rings. The maximum absolute atomic E-state index is 5.78. The summed E-state index contributed by atoms with van der Waals surface area (Å²) in [6.45, 7) is 1.67.